The molecule has 300 valence electrons. The molecule has 14 heteroatoms. The summed E-state index contributed by atoms with van der Waals surface area (Å²) < 4.78 is 51.7. The summed E-state index contributed by atoms with van der Waals surface area (Å²) in [6.45, 7) is 6.80. The van der Waals surface area contributed by atoms with E-state index in [1.165, 1.54) is 45.1 Å². The van der Waals surface area contributed by atoms with Crippen LogP contribution in [0.1, 0.15) is 98.0 Å². The highest BCUT2D eigenvalue weighted by molar-refractivity contribution is 5.86. The Bertz CT molecular complexity index is 1770. The molecule has 0 radical (unpaired) electrons. The molecule has 1 fully saturated rings. The number of ether oxygens (including phenoxy) is 8. The molecular formula is C41H52O14. The molecule has 0 spiro atoms. The third-order valence-electron chi connectivity index (χ3n) is 8.71. The Labute approximate surface area is 320 Å². The second kappa shape index (κ2) is 21.7. The van der Waals surface area contributed by atoms with Crippen LogP contribution in [0.25, 0.3) is 11.0 Å². The quantitative estimate of drug-likeness (QED) is 0.0482. The van der Waals surface area contributed by atoms with Gasteiger partial charge in [0.15, 0.2) is 18.0 Å². The standard InChI is InChI=1S/C41H52O14/c1-6-7-8-9-10-11-12-13-17-22-47-38-35(49-24-30-18-15-14-16-19-30)32-21-20-31(23-33(32)54-40(38)46)53-41-39(52-29(5)45)37(51-28(4)44)36(50-27(3)43)34(55-41)25-48-26(2)42/h14-16,18-21,23,34,36-37,39,41H,6-13,17,22,24-25H2,1-5H3/t34-,36+,37+,39-,41-/m1/s1. The number of carbonyl (C=O) groups is 4. The van der Waals surface area contributed by atoms with Gasteiger partial charge in [0.2, 0.25) is 18.1 Å². The number of fused-ring (bicyclic) bond motifs is 1. The van der Waals surface area contributed by atoms with E-state index in [1.54, 1.807) is 12.1 Å². The van der Waals surface area contributed by atoms with Gasteiger partial charge in [-0.1, -0.05) is 88.6 Å². The first-order valence-electron chi connectivity index (χ1n) is 18.8. The van der Waals surface area contributed by atoms with E-state index in [9.17, 15) is 24.0 Å². The zero-order chi connectivity index (χ0) is 39.7. The molecule has 0 bridgehead atoms. The van der Waals surface area contributed by atoms with E-state index in [1.807, 2.05) is 30.3 Å². The van der Waals surface area contributed by atoms with E-state index in [0.29, 0.717) is 12.0 Å². The van der Waals surface area contributed by atoms with Crippen LogP contribution in [0, 0.1) is 0 Å². The first-order valence-corrected chi connectivity index (χ1v) is 18.8. The Morgan fingerprint density at radius 2 is 1.29 bits per heavy atom. The maximum absolute atomic E-state index is 13.4. The minimum absolute atomic E-state index is 0.0451. The summed E-state index contributed by atoms with van der Waals surface area (Å²) in [5.74, 6) is -2.72. The van der Waals surface area contributed by atoms with Crippen molar-refractivity contribution in [1.29, 1.82) is 0 Å². The predicted molar refractivity (Wildman–Crippen MR) is 199 cm³/mol. The van der Waals surface area contributed by atoms with Crippen molar-refractivity contribution in [2.45, 2.75) is 130 Å². The molecule has 14 nitrogen and oxygen atoms in total. The van der Waals surface area contributed by atoms with Crippen LogP contribution in [0.4, 0.5) is 0 Å². The van der Waals surface area contributed by atoms with Crippen LogP contribution in [0.2, 0.25) is 0 Å². The summed E-state index contributed by atoms with van der Waals surface area (Å²) in [6.07, 6.45) is 3.27. The van der Waals surface area contributed by atoms with Crippen LogP contribution in [0.3, 0.4) is 0 Å². The molecule has 1 aliphatic heterocycles. The van der Waals surface area contributed by atoms with Crippen molar-refractivity contribution in [2.75, 3.05) is 13.2 Å². The molecule has 0 saturated carbocycles. The molecule has 1 aliphatic rings. The zero-order valence-electron chi connectivity index (χ0n) is 32.2. The van der Waals surface area contributed by atoms with Crippen molar-refractivity contribution in [3.05, 3.63) is 64.5 Å². The number of benzene rings is 2. The first kappa shape index (κ1) is 42.6. The highest BCUT2D eigenvalue weighted by atomic mass is 16.7. The Morgan fingerprint density at radius 1 is 0.673 bits per heavy atom. The van der Waals surface area contributed by atoms with Crippen molar-refractivity contribution < 1.29 is 61.5 Å². The summed E-state index contributed by atoms with van der Waals surface area (Å²) in [5, 5.41) is 0.423. The van der Waals surface area contributed by atoms with E-state index in [2.05, 4.69) is 6.92 Å². The fourth-order valence-corrected chi connectivity index (χ4v) is 6.21. The van der Waals surface area contributed by atoms with Gasteiger partial charge in [0.1, 0.15) is 30.7 Å². The molecule has 5 atom stereocenters. The fraction of sp³-hybridized carbons (Fsp3) is 0.537. The second-order valence-electron chi connectivity index (χ2n) is 13.3. The first-order chi connectivity index (χ1) is 26.5. The summed E-state index contributed by atoms with van der Waals surface area (Å²) in [7, 11) is 0. The lowest BCUT2D eigenvalue weighted by Crippen LogP contribution is -2.63. The van der Waals surface area contributed by atoms with Crippen LogP contribution in [0.5, 0.6) is 17.2 Å². The smallest absolute Gasteiger partial charge is 0.383 e. The van der Waals surface area contributed by atoms with E-state index in [4.69, 9.17) is 42.3 Å². The van der Waals surface area contributed by atoms with Gasteiger partial charge in [-0.05, 0) is 24.1 Å². The number of rotatable bonds is 21. The van der Waals surface area contributed by atoms with Gasteiger partial charge in [-0.15, -0.1) is 0 Å². The molecule has 0 aliphatic carbocycles. The Balaban J connectivity index is 1.61. The van der Waals surface area contributed by atoms with Crippen molar-refractivity contribution in [1.82, 2.24) is 0 Å². The Morgan fingerprint density at radius 3 is 1.93 bits per heavy atom. The van der Waals surface area contributed by atoms with Crippen molar-refractivity contribution >= 4 is 34.8 Å². The van der Waals surface area contributed by atoms with E-state index >= 15 is 0 Å². The van der Waals surface area contributed by atoms with E-state index in [0.717, 1.165) is 52.0 Å². The van der Waals surface area contributed by atoms with Gasteiger partial charge in [-0.3, -0.25) is 19.2 Å². The fourth-order valence-electron chi connectivity index (χ4n) is 6.21. The summed E-state index contributed by atoms with van der Waals surface area (Å²) in [4.78, 5) is 61.7. The van der Waals surface area contributed by atoms with Gasteiger partial charge >= 0.3 is 29.5 Å². The summed E-state index contributed by atoms with van der Waals surface area (Å²) in [6, 6.07) is 14.0. The van der Waals surface area contributed by atoms with Crippen LogP contribution in [-0.4, -0.2) is 67.8 Å². The second-order valence-corrected chi connectivity index (χ2v) is 13.3. The maximum atomic E-state index is 13.4. The minimum atomic E-state index is -1.49. The van der Waals surface area contributed by atoms with Crippen LogP contribution in [0.15, 0.2) is 57.7 Å². The molecule has 0 unspecified atom stereocenters. The molecule has 2 heterocycles. The number of unbranched alkanes of at least 4 members (excludes halogenated alkanes) is 8. The molecule has 1 saturated heterocycles. The Kier molecular flexibility index (Phi) is 16.8. The average molecular weight is 769 g/mol. The van der Waals surface area contributed by atoms with Gasteiger partial charge in [0.25, 0.3) is 0 Å². The van der Waals surface area contributed by atoms with Gasteiger partial charge in [0, 0.05) is 33.8 Å². The lowest BCUT2D eigenvalue weighted by molar-refractivity contribution is -0.288. The van der Waals surface area contributed by atoms with Gasteiger partial charge in [-0.25, -0.2) is 4.79 Å². The Hall–Kier alpha value is -5.11. The number of esters is 4. The maximum Gasteiger partial charge on any atom is 0.383 e. The molecule has 4 rings (SSSR count). The topological polar surface area (TPSA) is 172 Å². The molecule has 2 aromatic carbocycles. The number of hydrogen-bond donors (Lipinski definition) is 0. The van der Waals surface area contributed by atoms with E-state index in [-0.39, 0.29) is 29.4 Å². The number of carbonyl (C=O) groups excluding carboxylic acids is 4. The summed E-state index contributed by atoms with van der Waals surface area (Å²) >= 11 is 0. The van der Waals surface area contributed by atoms with E-state index < -0.39 is 66.8 Å². The molecule has 1 aromatic heterocycles. The van der Waals surface area contributed by atoms with Crippen LogP contribution >= 0.6 is 0 Å². The molecule has 55 heavy (non-hydrogen) atoms. The lowest BCUT2D eigenvalue weighted by atomic mass is 9.98. The van der Waals surface area contributed by atoms with Crippen LogP contribution in [-0.2, 0) is 49.5 Å². The van der Waals surface area contributed by atoms with Gasteiger partial charge in [-0.2, -0.15) is 0 Å². The highest BCUT2D eigenvalue weighted by Crippen LogP contribution is 2.37. The molecular weight excluding hydrogens is 716 g/mol. The van der Waals surface area contributed by atoms with Crippen molar-refractivity contribution in [3.8, 4) is 17.2 Å². The lowest BCUT2D eigenvalue weighted by Gasteiger charge is -2.43. The van der Waals surface area contributed by atoms with Crippen LogP contribution < -0.4 is 19.8 Å². The molecule has 0 N–H and O–H groups in total. The monoisotopic (exact) mass is 768 g/mol. The normalized spacial score (nSPS) is 19.3. The largest absolute Gasteiger partial charge is 0.484 e. The SMILES string of the molecule is CCCCCCCCCCCOc1c(OCc2ccccc2)c2ccc(O[C@@H]3O[C@H](COC(C)=O)[C@H](OC(C)=O)[C@H](OC(C)=O)[C@H]3OC(C)=O)cc2oc1=O. The van der Waals surface area contributed by atoms with Gasteiger partial charge < -0.3 is 42.3 Å². The summed E-state index contributed by atoms with van der Waals surface area (Å²) in [5.41, 5.74) is 0.208. The highest BCUT2D eigenvalue weighted by Gasteiger charge is 2.53. The number of hydrogen-bond acceptors (Lipinski definition) is 14. The molecule has 3 aromatic rings. The van der Waals surface area contributed by atoms with Crippen molar-refractivity contribution in [3.63, 3.8) is 0 Å². The average Bonchev–Trinajstić information content (AvgIpc) is 3.13. The predicted octanol–water partition coefficient (Wildman–Crippen LogP) is 6.74. The minimum Gasteiger partial charge on any atom is -0.484 e. The third kappa shape index (κ3) is 13.3. The third-order valence-corrected chi connectivity index (χ3v) is 8.71. The molecule has 0 amide bonds. The zero-order valence-corrected chi connectivity index (χ0v) is 32.2. The van der Waals surface area contributed by atoms with Gasteiger partial charge in [0.05, 0.1) is 12.0 Å². The van der Waals surface area contributed by atoms with Crippen molar-refractivity contribution in [2.24, 2.45) is 0 Å².